The largest absolute Gasteiger partial charge is 0.328 e. The molecular weight excluding hydrogens is 348 g/mol. The summed E-state index contributed by atoms with van der Waals surface area (Å²) in [5, 5.41) is 8.43. The first-order valence-corrected chi connectivity index (χ1v) is 8.38. The van der Waals surface area contributed by atoms with Gasteiger partial charge in [0.05, 0.1) is 17.6 Å². The third-order valence-electron chi connectivity index (χ3n) is 4.75. The van der Waals surface area contributed by atoms with E-state index in [0.717, 1.165) is 11.4 Å². The van der Waals surface area contributed by atoms with Crippen molar-refractivity contribution in [3.05, 3.63) is 53.4 Å². The molecule has 2 aromatic rings. The lowest BCUT2D eigenvalue weighted by Crippen LogP contribution is -2.52. The van der Waals surface area contributed by atoms with Crippen molar-refractivity contribution in [1.29, 1.82) is 0 Å². The second-order valence-electron chi connectivity index (χ2n) is 7.13. The first-order chi connectivity index (χ1) is 12.8. The van der Waals surface area contributed by atoms with Gasteiger partial charge < -0.3 is 0 Å². The molecule has 4 rings (SSSR count). The summed E-state index contributed by atoms with van der Waals surface area (Å²) in [7, 11) is 0. The van der Waals surface area contributed by atoms with E-state index in [1.165, 1.54) is 6.20 Å². The van der Waals surface area contributed by atoms with Gasteiger partial charge in [0.2, 0.25) is 0 Å². The molecule has 0 radical (unpaired) electrons. The lowest BCUT2D eigenvalue weighted by molar-refractivity contribution is -0.126. The number of nitrogens with zero attached hydrogens (tertiary/aromatic N) is 2. The van der Waals surface area contributed by atoms with Gasteiger partial charge in [-0.05, 0) is 12.1 Å². The predicted octanol–water partition coefficient (Wildman–Crippen LogP) is 1.14. The molecule has 1 aliphatic heterocycles. The van der Waals surface area contributed by atoms with Crippen LogP contribution >= 0.6 is 0 Å². The summed E-state index contributed by atoms with van der Waals surface area (Å²) in [4.78, 5) is 49.1. The van der Waals surface area contributed by atoms with Gasteiger partial charge in [0.1, 0.15) is 5.57 Å². The molecule has 2 aliphatic rings. The summed E-state index contributed by atoms with van der Waals surface area (Å²) in [6, 6.07) is 8.47. The minimum absolute atomic E-state index is 0.00840. The topological polar surface area (TPSA) is 110 Å². The summed E-state index contributed by atoms with van der Waals surface area (Å²) in [5.74, 6) is -2.11. The zero-order chi connectivity index (χ0) is 19.3. The first kappa shape index (κ1) is 16.9. The number of urea groups is 1. The Bertz CT molecular complexity index is 1020. The maximum atomic E-state index is 13.1. The van der Waals surface area contributed by atoms with Gasteiger partial charge >= 0.3 is 6.03 Å². The number of allylic oxidation sites excluding steroid dienone is 1. The molecule has 8 heteroatoms. The molecule has 8 nitrogen and oxygen atoms in total. The van der Waals surface area contributed by atoms with Crippen molar-refractivity contribution in [3.8, 4) is 5.69 Å². The molecule has 0 unspecified atom stereocenters. The maximum absolute atomic E-state index is 13.1. The number of carbonyl (C=O) groups is 4. The molecule has 4 amide bonds. The fraction of sp³-hybridized carbons (Fsp3) is 0.211. The molecule has 136 valence electrons. The molecule has 27 heavy (non-hydrogen) atoms. The highest BCUT2D eigenvalue weighted by Gasteiger charge is 2.44. The lowest BCUT2D eigenvalue weighted by atomic mass is 9.71. The number of aromatic nitrogens is 2. The Morgan fingerprint density at radius 2 is 1.59 bits per heavy atom. The monoisotopic (exact) mass is 364 g/mol. The average Bonchev–Trinajstić information content (AvgIpc) is 3.00. The minimum atomic E-state index is -0.905. The standard InChI is InChI=1S/C19H16N4O4/c1-19(2)8-12-11(9-20-23(12)10-6-4-3-5-7-10)13(15(19)24)14-16(25)21-18(27)22-17(14)26/h3-7,9H,8H2,1-2H3,(H2,21,22,25,26,27). The third-order valence-corrected chi connectivity index (χ3v) is 4.75. The van der Waals surface area contributed by atoms with Crippen LogP contribution in [-0.2, 0) is 20.8 Å². The van der Waals surface area contributed by atoms with Crippen molar-refractivity contribution < 1.29 is 19.2 Å². The van der Waals surface area contributed by atoms with E-state index in [9.17, 15) is 19.2 Å². The van der Waals surface area contributed by atoms with Gasteiger partial charge in [-0.3, -0.25) is 25.0 Å². The minimum Gasteiger partial charge on any atom is -0.294 e. The van der Waals surface area contributed by atoms with Crippen LogP contribution in [-0.4, -0.2) is 33.4 Å². The van der Waals surface area contributed by atoms with Crippen LogP contribution < -0.4 is 10.6 Å². The molecule has 1 saturated heterocycles. The Morgan fingerprint density at radius 1 is 0.963 bits per heavy atom. The van der Waals surface area contributed by atoms with E-state index in [0.29, 0.717) is 12.0 Å². The number of barbiturate groups is 1. The maximum Gasteiger partial charge on any atom is 0.328 e. The third kappa shape index (κ3) is 2.57. The number of Topliss-reactive ketones (excluding diaryl/α,β-unsaturated/α-hetero) is 1. The van der Waals surface area contributed by atoms with Gasteiger partial charge in [0, 0.05) is 23.0 Å². The summed E-state index contributed by atoms with van der Waals surface area (Å²) >= 11 is 0. The summed E-state index contributed by atoms with van der Waals surface area (Å²) in [6.07, 6.45) is 1.88. The number of para-hydroxylation sites is 1. The highest BCUT2D eigenvalue weighted by atomic mass is 16.2. The van der Waals surface area contributed by atoms with Crippen molar-refractivity contribution in [2.24, 2.45) is 5.41 Å². The zero-order valence-electron chi connectivity index (χ0n) is 14.7. The van der Waals surface area contributed by atoms with Crippen LogP contribution in [0.5, 0.6) is 0 Å². The van der Waals surface area contributed by atoms with Crippen molar-refractivity contribution in [2.75, 3.05) is 0 Å². The Balaban J connectivity index is 1.98. The van der Waals surface area contributed by atoms with Gasteiger partial charge in [-0.15, -0.1) is 0 Å². The molecule has 2 N–H and O–H groups in total. The van der Waals surface area contributed by atoms with Crippen LogP contribution in [0.3, 0.4) is 0 Å². The highest BCUT2D eigenvalue weighted by molar-refractivity contribution is 6.41. The number of amides is 4. The SMILES string of the molecule is CC1(C)Cc2c(cnn2-c2ccccc2)C(=C2C(=O)NC(=O)NC2=O)C1=O. The number of nitrogens with one attached hydrogen (secondary N) is 2. The van der Waals surface area contributed by atoms with Crippen LogP contribution in [0.15, 0.2) is 42.1 Å². The summed E-state index contributed by atoms with van der Waals surface area (Å²) in [5.41, 5.74) is 0.751. The number of hydrogen-bond donors (Lipinski definition) is 2. The first-order valence-electron chi connectivity index (χ1n) is 8.38. The molecule has 1 aromatic heterocycles. The van der Waals surface area contributed by atoms with Crippen molar-refractivity contribution in [2.45, 2.75) is 20.3 Å². The van der Waals surface area contributed by atoms with Crippen LogP contribution in [0.2, 0.25) is 0 Å². The number of hydrogen-bond acceptors (Lipinski definition) is 5. The van der Waals surface area contributed by atoms with Crippen LogP contribution in [0.4, 0.5) is 4.79 Å². The van der Waals surface area contributed by atoms with Crippen LogP contribution in [0.25, 0.3) is 11.3 Å². The molecule has 0 spiro atoms. The number of rotatable bonds is 1. The van der Waals surface area contributed by atoms with E-state index in [1.54, 1.807) is 18.5 Å². The zero-order valence-corrected chi connectivity index (χ0v) is 14.7. The number of fused-ring (bicyclic) bond motifs is 1. The van der Waals surface area contributed by atoms with Crippen molar-refractivity contribution in [3.63, 3.8) is 0 Å². The van der Waals surface area contributed by atoms with E-state index in [-0.39, 0.29) is 16.9 Å². The molecule has 2 heterocycles. The Hall–Kier alpha value is -3.55. The van der Waals surface area contributed by atoms with Gasteiger partial charge in [0.15, 0.2) is 5.78 Å². The Labute approximate surface area is 154 Å². The molecule has 0 bridgehead atoms. The highest BCUT2D eigenvalue weighted by Crippen LogP contribution is 2.41. The molecular formula is C19H16N4O4. The summed E-state index contributed by atoms with van der Waals surface area (Å²) < 4.78 is 1.70. The second-order valence-corrected chi connectivity index (χ2v) is 7.13. The lowest BCUT2D eigenvalue weighted by Gasteiger charge is -2.31. The van der Waals surface area contributed by atoms with Crippen LogP contribution in [0.1, 0.15) is 25.1 Å². The Morgan fingerprint density at radius 3 is 2.22 bits per heavy atom. The van der Waals surface area contributed by atoms with Gasteiger partial charge in [-0.25, -0.2) is 9.48 Å². The normalized spacial score (nSPS) is 18.9. The molecule has 1 aromatic carbocycles. The fourth-order valence-corrected chi connectivity index (χ4v) is 3.44. The van der Waals surface area contributed by atoms with Crippen LogP contribution in [0, 0.1) is 5.41 Å². The van der Waals surface area contributed by atoms with Crippen molar-refractivity contribution >= 4 is 29.2 Å². The molecule has 1 fully saturated rings. The van der Waals surface area contributed by atoms with Gasteiger partial charge in [0.25, 0.3) is 11.8 Å². The second kappa shape index (κ2) is 5.73. The average molecular weight is 364 g/mol. The molecule has 1 aliphatic carbocycles. The van der Waals surface area contributed by atoms with Gasteiger partial charge in [-0.2, -0.15) is 5.10 Å². The number of imide groups is 2. The van der Waals surface area contributed by atoms with E-state index in [2.05, 4.69) is 5.10 Å². The Kier molecular flexibility index (Phi) is 3.59. The number of benzene rings is 1. The van der Waals surface area contributed by atoms with Gasteiger partial charge in [-0.1, -0.05) is 32.0 Å². The molecule has 0 saturated carbocycles. The van der Waals surface area contributed by atoms with E-state index in [4.69, 9.17) is 0 Å². The predicted molar refractivity (Wildman–Crippen MR) is 94.7 cm³/mol. The van der Waals surface area contributed by atoms with E-state index in [1.807, 2.05) is 41.0 Å². The van der Waals surface area contributed by atoms with Crippen molar-refractivity contribution in [1.82, 2.24) is 20.4 Å². The molecule has 0 atom stereocenters. The smallest absolute Gasteiger partial charge is 0.294 e. The van der Waals surface area contributed by atoms with E-state index >= 15 is 0 Å². The fourth-order valence-electron chi connectivity index (χ4n) is 3.44. The summed E-state index contributed by atoms with van der Waals surface area (Å²) in [6.45, 7) is 3.51. The number of carbonyl (C=O) groups excluding carboxylic acids is 4. The van der Waals surface area contributed by atoms with E-state index < -0.39 is 23.3 Å². The quantitative estimate of drug-likeness (QED) is 0.582. The number of ketones is 1.